The molecule has 5 aliphatic rings. The Bertz CT molecular complexity index is 1040. The number of aryl methyl sites for hydroxylation is 1. The van der Waals surface area contributed by atoms with Crippen LogP contribution in [-0.4, -0.2) is 27.5 Å². The number of rotatable bonds is 5. The van der Waals surface area contributed by atoms with Crippen LogP contribution < -0.4 is 5.32 Å². The predicted molar refractivity (Wildman–Crippen MR) is 129 cm³/mol. The lowest BCUT2D eigenvalue weighted by Gasteiger charge is -2.71. The average Bonchev–Trinajstić information content (AvgIpc) is 2.65. The molecule has 1 heterocycles. The van der Waals surface area contributed by atoms with E-state index in [0.29, 0.717) is 25.2 Å². The molecule has 178 valence electrons. The lowest BCUT2D eigenvalue weighted by Crippen LogP contribution is -2.78. The first-order valence-corrected chi connectivity index (χ1v) is 12.6. The highest BCUT2D eigenvalue weighted by Gasteiger charge is 2.75. The molecule has 2 amide bonds. The lowest BCUT2D eigenvalue weighted by atomic mass is 9.38. The maximum Gasteiger partial charge on any atom is 0.322 e. The fourth-order valence-corrected chi connectivity index (χ4v) is 6.96. The summed E-state index contributed by atoms with van der Waals surface area (Å²) in [6.45, 7) is 8.95. The molecule has 1 unspecified atom stereocenters. The van der Waals surface area contributed by atoms with Crippen LogP contribution in [0.4, 0.5) is 4.79 Å². The maximum atomic E-state index is 13.4. The van der Waals surface area contributed by atoms with Crippen molar-refractivity contribution in [1.82, 2.24) is 10.2 Å². The van der Waals surface area contributed by atoms with Gasteiger partial charge in [-0.1, -0.05) is 51.4 Å². The smallest absolute Gasteiger partial charge is 0.322 e. The highest BCUT2D eigenvalue weighted by Crippen LogP contribution is 2.70. The van der Waals surface area contributed by atoms with Crippen molar-refractivity contribution in [1.29, 1.82) is 0 Å². The van der Waals surface area contributed by atoms with E-state index in [0.717, 1.165) is 48.3 Å². The van der Waals surface area contributed by atoms with E-state index in [2.05, 4.69) is 57.4 Å². The topological polar surface area (TPSA) is 69.6 Å². The quantitative estimate of drug-likeness (QED) is 0.534. The number of nitrogens with zero attached hydrogens (tertiary/aromatic N) is 1. The van der Waals surface area contributed by atoms with Crippen LogP contribution in [0.1, 0.15) is 83.8 Å². The molecule has 4 aliphatic carbocycles. The number of nitrogens with one attached hydrogen (secondary N) is 1. The summed E-state index contributed by atoms with van der Waals surface area (Å²) >= 11 is 6.76. The zero-order valence-corrected chi connectivity index (χ0v) is 20.9. The number of aliphatic carboxylic acids is 1. The van der Waals surface area contributed by atoms with E-state index in [1.807, 2.05) is 4.90 Å². The molecule has 5 nitrogen and oxygen atoms in total. The van der Waals surface area contributed by atoms with Gasteiger partial charge < -0.3 is 10.4 Å². The predicted octanol–water partition coefficient (Wildman–Crippen LogP) is 6.25. The fourth-order valence-electron chi connectivity index (χ4n) is 6.68. The highest BCUT2D eigenvalue weighted by molar-refractivity contribution is 6.31. The number of amides is 2. The molecular formula is C27H35ClN2O3. The molecule has 2 bridgehead atoms. The van der Waals surface area contributed by atoms with E-state index in [-0.39, 0.29) is 17.0 Å². The van der Waals surface area contributed by atoms with Gasteiger partial charge in [-0.05, 0) is 85.5 Å². The average molecular weight is 471 g/mol. The van der Waals surface area contributed by atoms with Crippen molar-refractivity contribution in [2.24, 2.45) is 16.7 Å². The van der Waals surface area contributed by atoms with Gasteiger partial charge in [-0.2, -0.15) is 0 Å². The van der Waals surface area contributed by atoms with E-state index in [1.165, 1.54) is 5.57 Å². The van der Waals surface area contributed by atoms with E-state index < -0.39 is 16.9 Å². The van der Waals surface area contributed by atoms with Crippen molar-refractivity contribution in [2.75, 3.05) is 0 Å². The molecule has 0 saturated heterocycles. The van der Waals surface area contributed by atoms with Crippen molar-refractivity contribution in [3.05, 3.63) is 46.1 Å². The molecule has 33 heavy (non-hydrogen) atoms. The zero-order valence-electron chi connectivity index (χ0n) is 20.1. The van der Waals surface area contributed by atoms with E-state index in [1.54, 1.807) is 0 Å². The summed E-state index contributed by atoms with van der Waals surface area (Å²) < 4.78 is 0. The second-order valence-electron chi connectivity index (χ2n) is 12.3. The molecule has 1 aromatic rings. The Morgan fingerprint density at radius 1 is 1.27 bits per heavy atom. The number of carbonyl (C=O) groups is 2. The van der Waals surface area contributed by atoms with E-state index in [9.17, 15) is 14.7 Å². The molecule has 1 aliphatic heterocycles. The van der Waals surface area contributed by atoms with E-state index >= 15 is 0 Å². The molecular weight excluding hydrogens is 436 g/mol. The molecule has 4 saturated carbocycles. The standard InChI is InChI=1S/C27H35ClN2O3/c1-17-6-5-10-27(19-8-7-18(21(28)12-19)9-11-24(2,3)4)20(17)13-30(23(33)29-27)26-14-25(15-26,16-26)22(31)32/h7-8,12-13,17H,5-6,9-11,14-16H2,1-4H3,(H,29,33)(H,31,32)/t17?,25?,26?,27-/m0/s1. The number of hydrogen-bond acceptors (Lipinski definition) is 2. The van der Waals surface area contributed by atoms with Crippen molar-refractivity contribution in [3.63, 3.8) is 0 Å². The summed E-state index contributed by atoms with van der Waals surface area (Å²) in [5, 5.41) is 13.7. The first-order valence-electron chi connectivity index (χ1n) is 12.3. The third-order valence-corrected chi connectivity index (χ3v) is 9.03. The van der Waals surface area contributed by atoms with Gasteiger partial charge in [0.05, 0.1) is 16.5 Å². The number of carboxylic acids is 1. The molecule has 2 atom stereocenters. The van der Waals surface area contributed by atoms with Crippen LogP contribution in [0.25, 0.3) is 0 Å². The van der Waals surface area contributed by atoms with Gasteiger partial charge in [0.15, 0.2) is 0 Å². The largest absolute Gasteiger partial charge is 0.481 e. The van der Waals surface area contributed by atoms with Crippen LogP contribution in [0.5, 0.6) is 0 Å². The third-order valence-electron chi connectivity index (χ3n) is 8.68. The van der Waals surface area contributed by atoms with Gasteiger partial charge in [0.1, 0.15) is 0 Å². The molecule has 1 aromatic carbocycles. The van der Waals surface area contributed by atoms with Crippen LogP contribution in [0.2, 0.25) is 5.02 Å². The number of benzene rings is 1. The number of fused-ring (bicyclic) bond motifs is 1. The van der Waals surface area contributed by atoms with Crippen LogP contribution in [-0.2, 0) is 16.8 Å². The summed E-state index contributed by atoms with van der Waals surface area (Å²) in [5.74, 6) is -0.391. The number of hydrogen-bond donors (Lipinski definition) is 2. The molecule has 4 fully saturated rings. The zero-order chi connectivity index (χ0) is 23.8. The summed E-state index contributed by atoms with van der Waals surface area (Å²) in [6.07, 6.45) is 8.71. The highest BCUT2D eigenvalue weighted by atomic mass is 35.5. The minimum Gasteiger partial charge on any atom is -0.481 e. The van der Waals surface area contributed by atoms with Crippen LogP contribution >= 0.6 is 11.6 Å². The maximum absolute atomic E-state index is 13.4. The SMILES string of the molecule is CC1CCC[C@@]2(c3ccc(CCC(C)(C)C)c(Cl)c3)NC(=O)N(C34CC(C(=O)O)(C3)C4)C=C12. The van der Waals surface area contributed by atoms with Crippen LogP contribution in [0, 0.1) is 16.7 Å². The summed E-state index contributed by atoms with van der Waals surface area (Å²) in [5.41, 5.74) is 2.20. The normalized spacial score (nSPS) is 35.1. The van der Waals surface area contributed by atoms with Gasteiger partial charge >= 0.3 is 12.0 Å². The Morgan fingerprint density at radius 2 is 1.97 bits per heavy atom. The minimum atomic E-state index is -0.726. The molecule has 6 rings (SSSR count). The molecule has 2 N–H and O–H groups in total. The Hall–Kier alpha value is -2.01. The van der Waals surface area contributed by atoms with E-state index in [4.69, 9.17) is 11.6 Å². The first kappa shape index (κ1) is 22.8. The number of halogens is 1. The molecule has 0 aromatic heterocycles. The molecule has 6 heteroatoms. The lowest BCUT2D eigenvalue weighted by molar-refractivity contribution is -0.215. The Balaban J connectivity index is 1.46. The Morgan fingerprint density at radius 3 is 2.58 bits per heavy atom. The summed E-state index contributed by atoms with van der Waals surface area (Å²) in [7, 11) is 0. The first-order chi connectivity index (χ1) is 15.4. The van der Waals surface area contributed by atoms with Gasteiger partial charge in [0, 0.05) is 11.2 Å². The Labute approximate surface area is 201 Å². The minimum absolute atomic E-state index is 0.112. The number of urea groups is 1. The number of carboxylic acid groups (broad SMARTS) is 1. The second-order valence-corrected chi connectivity index (χ2v) is 12.7. The van der Waals surface area contributed by atoms with Gasteiger partial charge in [0.25, 0.3) is 0 Å². The van der Waals surface area contributed by atoms with Crippen molar-refractivity contribution in [2.45, 2.75) is 90.1 Å². The summed E-state index contributed by atoms with van der Waals surface area (Å²) in [6, 6.07) is 6.22. The van der Waals surface area contributed by atoms with Gasteiger partial charge in [0.2, 0.25) is 0 Å². The van der Waals surface area contributed by atoms with Gasteiger partial charge in [-0.25, -0.2) is 4.79 Å². The molecule has 0 spiro atoms. The van der Waals surface area contributed by atoms with Crippen molar-refractivity contribution in [3.8, 4) is 0 Å². The van der Waals surface area contributed by atoms with Gasteiger partial charge in [-0.15, -0.1) is 0 Å². The monoisotopic (exact) mass is 470 g/mol. The van der Waals surface area contributed by atoms with Gasteiger partial charge in [-0.3, -0.25) is 9.69 Å². The fraction of sp³-hybridized carbons (Fsp3) is 0.630. The molecule has 0 radical (unpaired) electrons. The van der Waals surface area contributed by atoms with Crippen LogP contribution in [0.3, 0.4) is 0 Å². The second kappa shape index (κ2) is 7.24. The third kappa shape index (κ3) is 3.41. The number of carbonyl (C=O) groups excluding carboxylic acids is 1. The Kier molecular flexibility index (Phi) is 5.00. The summed E-state index contributed by atoms with van der Waals surface area (Å²) in [4.78, 5) is 26.8. The van der Waals surface area contributed by atoms with Crippen molar-refractivity contribution >= 4 is 23.6 Å². The van der Waals surface area contributed by atoms with Crippen LogP contribution in [0.15, 0.2) is 30.0 Å². The van der Waals surface area contributed by atoms with Crippen molar-refractivity contribution < 1.29 is 14.7 Å².